The topological polar surface area (TPSA) is 131 Å². The molecule has 10 nitrogen and oxygen atoms in total. The van der Waals surface area contributed by atoms with Crippen LogP contribution in [0.3, 0.4) is 0 Å². The zero-order valence-corrected chi connectivity index (χ0v) is 30.2. The minimum absolute atomic E-state index is 0.0921. The van der Waals surface area contributed by atoms with E-state index < -0.39 is 24.0 Å². The van der Waals surface area contributed by atoms with Gasteiger partial charge in [0.05, 0.1) is 39.6 Å². The Labute approximate surface area is 295 Å². The van der Waals surface area contributed by atoms with Crippen LogP contribution in [0.15, 0.2) is 24.3 Å². The molecular weight excluding hydrogens is 636 g/mol. The Kier molecular flexibility index (Phi) is 9.47. The zero-order chi connectivity index (χ0) is 35.3. The van der Waals surface area contributed by atoms with Crippen molar-refractivity contribution in [3.05, 3.63) is 52.1 Å². The van der Waals surface area contributed by atoms with Crippen LogP contribution in [0.5, 0.6) is 34.5 Å². The third-order valence-corrected chi connectivity index (χ3v) is 11.3. The highest BCUT2D eigenvalue weighted by atomic mass is 16.5. The standard InChI is InChI=1S/C40H52N2O8/c1-7-41-40(14-8-9-22(19-40)11-10-21(2)3)50-30-18-28(46-4)24-12-13-25-33-27(42-39(45)36(30)35(24)33)17-29-34(25)37(43)26(20-49-29)23-15-31(47-5)38(44)32(16-23)48-6/h15-18,21-22,26,37,39,41-45H,7-14,19-20H2,1-6H3/t22-,26+,37+,39-,40+/m1/s1. The number of aliphatic hydroxyl groups is 2. The molecule has 50 heavy (non-hydrogen) atoms. The number of aliphatic hydroxyl groups excluding tert-OH is 2. The van der Waals surface area contributed by atoms with E-state index in [0.29, 0.717) is 41.7 Å². The molecular formula is C40H52N2O8. The van der Waals surface area contributed by atoms with Gasteiger partial charge in [-0.3, -0.25) is 5.32 Å². The third kappa shape index (κ3) is 5.89. The summed E-state index contributed by atoms with van der Waals surface area (Å²) in [4.78, 5) is 0. The van der Waals surface area contributed by atoms with Gasteiger partial charge in [-0.25, -0.2) is 0 Å². The number of aromatic hydroxyl groups is 1. The average molecular weight is 689 g/mol. The van der Waals surface area contributed by atoms with Crippen molar-refractivity contribution < 1.29 is 39.0 Å². The lowest BCUT2D eigenvalue weighted by Crippen LogP contribution is -2.53. The zero-order valence-electron chi connectivity index (χ0n) is 30.2. The molecule has 0 aromatic heterocycles. The van der Waals surface area contributed by atoms with E-state index in [0.717, 1.165) is 70.6 Å². The van der Waals surface area contributed by atoms with Crippen molar-refractivity contribution in [2.75, 3.05) is 39.8 Å². The molecule has 0 amide bonds. The molecule has 7 rings (SSSR count). The summed E-state index contributed by atoms with van der Waals surface area (Å²) in [5, 5.41) is 41.6. The number of fused-ring (bicyclic) bond motifs is 2. The first-order valence-electron chi connectivity index (χ1n) is 18.2. The summed E-state index contributed by atoms with van der Waals surface area (Å²) in [5.41, 5.74) is 6.22. The van der Waals surface area contributed by atoms with Gasteiger partial charge in [0, 0.05) is 58.8 Å². The maximum atomic E-state index is 12.1. The fraction of sp³-hybridized carbons (Fsp3) is 0.550. The van der Waals surface area contributed by atoms with Gasteiger partial charge in [0.2, 0.25) is 5.75 Å². The van der Waals surface area contributed by atoms with E-state index >= 15 is 0 Å². The van der Waals surface area contributed by atoms with Gasteiger partial charge in [0.15, 0.2) is 23.5 Å². The van der Waals surface area contributed by atoms with Crippen molar-refractivity contribution in [2.24, 2.45) is 11.8 Å². The number of anilines is 1. The molecule has 4 aliphatic rings. The molecule has 2 aliphatic heterocycles. The van der Waals surface area contributed by atoms with E-state index in [4.69, 9.17) is 23.7 Å². The first-order chi connectivity index (χ1) is 24.1. The molecule has 270 valence electrons. The molecule has 1 fully saturated rings. The number of phenolic OH excluding ortho intramolecular Hbond substituents is 1. The molecule has 3 aromatic rings. The Hall–Kier alpha value is -3.86. The predicted octanol–water partition coefficient (Wildman–Crippen LogP) is 7.12. The predicted molar refractivity (Wildman–Crippen MR) is 192 cm³/mol. The van der Waals surface area contributed by atoms with Crippen LogP contribution in [0.4, 0.5) is 5.69 Å². The van der Waals surface area contributed by atoms with Gasteiger partial charge < -0.3 is 44.3 Å². The first kappa shape index (κ1) is 34.6. The van der Waals surface area contributed by atoms with Gasteiger partial charge in [0.1, 0.15) is 17.2 Å². The lowest BCUT2D eigenvalue weighted by Gasteiger charge is -2.44. The van der Waals surface area contributed by atoms with E-state index in [2.05, 4.69) is 31.4 Å². The van der Waals surface area contributed by atoms with E-state index in [1.807, 2.05) is 12.1 Å². The first-order valence-corrected chi connectivity index (χ1v) is 18.2. The summed E-state index contributed by atoms with van der Waals surface area (Å²) < 4.78 is 30.4. The number of ether oxygens (including phenoxy) is 5. The average Bonchev–Trinajstić information content (AvgIpc) is 3.10. The van der Waals surface area contributed by atoms with Crippen LogP contribution in [-0.2, 0) is 12.8 Å². The second-order valence-corrected chi connectivity index (χ2v) is 14.8. The quantitative estimate of drug-likeness (QED) is 0.133. The molecule has 5 N–H and O–H groups in total. The number of nitrogens with one attached hydrogen (secondary N) is 2. The molecule has 10 heteroatoms. The Bertz CT molecular complexity index is 1730. The third-order valence-electron chi connectivity index (χ3n) is 11.3. The minimum atomic E-state index is -1.02. The van der Waals surface area contributed by atoms with E-state index in [1.54, 1.807) is 19.2 Å². The highest BCUT2D eigenvalue weighted by Crippen LogP contribution is 2.58. The normalized spacial score (nSPS) is 24.8. The Morgan fingerprint density at radius 1 is 0.940 bits per heavy atom. The van der Waals surface area contributed by atoms with Crippen LogP contribution in [0.25, 0.3) is 11.1 Å². The minimum Gasteiger partial charge on any atom is -0.502 e. The monoisotopic (exact) mass is 688 g/mol. The van der Waals surface area contributed by atoms with Crippen molar-refractivity contribution in [3.8, 4) is 45.6 Å². The van der Waals surface area contributed by atoms with Gasteiger partial charge in [-0.15, -0.1) is 0 Å². The molecule has 0 spiro atoms. The highest BCUT2D eigenvalue weighted by molar-refractivity contribution is 5.93. The fourth-order valence-corrected chi connectivity index (χ4v) is 8.93. The van der Waals surface area contributed by atoms with Crippen LogP contribution in [-0.4, -0.2) is 55.5 Å². The van der Waals surface area contributed by atoms with E-state index in [-0.39, 0.29) is 23.9 Å². The van der Waals surface area contributed by atoms with Crippen LogP contribution in [0, 0.1) is 11.8 Å². The lowest BCUT2D eigenvalue weighted by molar-refractivity contribution is -0.0244. The Morgan fingerprint density at radius 3 is 2.34 bits per heavy atom. The van der Waals surface area contributed by atoms with Crippen molar-refractivity contribution in [2.45, 2.75) is 96.1 Å². The molecule has 5 atom stereocenters. The number of benzene rings is 3. The van der Waals surface area contributed by atoms with Crippen molar-refractivity contribution in [1.82, 2.24) is 5.32 Å². The van der Waals surface area contributed by atoms with Gasteiger partial charge >= 0.3 is 0 Å². The van der Waals surface area contributed by atoms with Gasteiger partial charge in [-0.1, -0.05) is 40.0 Å². The molecule has 2 aliphatic carbocycles. The van der Waals surface area contributed by atoms with Gasteiger partial charge in [-0.05, 0) is 60.9 Å². The molecule has 0 unspecified atom stereocenters. The maximum Gasteiger partial charge on any atom is 0.200 e. The van der Waals surface area contributed by atoms with Gasteiger partial charge in [-0.2, -0.15) is 0 Å². The smallest absolute Gasteiger partial charge is 0.200 e. The second-order valence-electron chi connectivity index (χ2n) is 14.8. The molecule has 0 saturated heterocycles. The fourth-order valence-electron chi connectivity index (χ4n) is 8.93. The summed E-state index contributed by atoms with van der Waals surface area (Å²) >= 11 is 0. The number of hydrogen-bond donors (Lipinski definition) is 5. The van der Waals surface area contributed by atoms with Crippen LogP contribution < -0.4 is 34.3 Å². The van der Waals surface area contributed by atoms with E-state index in [9.17, 15) is 15.3 Å². The maximum absolute atomic E-state index is 12.1. The highest BCUT2D eigenvalue weighted by Gasteiger charge is 2.44. The summed E-state index contributed by atoms with van der Waals surface area (Å²) in [6.07, 6.45) is 5.83. The summed E-state index contributed by atoms with van der Waals surface area (Å²) in [6, 6.07) is 7.31. The Balaban J connectivity index is 1.32. The van der Waals surface area contributed by atoms with Crippen LogP contribution >= 0.6 is 0 Å². The number of phenols is 1. The molecule has 0 bridgehead atoms. The van der Waals surface area contributed by atoms with Crippen molar-refractivity contribution in [1.29, 1.82) is 0 Å². The molecule has 2 heterocycles. The Morgan fingerprint density at radius 2 is 1.66 bits per heavy atom. The van der Waals surface area contributed by atoms with E-state index in [1.165, 1.54) is 33.5 Å². The lowest BCUT2D eigenvalue weighted by atomic mass is 9.74. The van der Waals surface area contributed by atoms with Gasteiger partial charge in [0.25, 0.3) is 0 Å². The summed E-state index contributed by atoms with van der Waals surface area (Å²) in [5.74, 6) is 3.15. The number of rotatable bonds is 11. The van der Waals surface area contributed by atoms with Crippen molar-refractivity contribution in [3.63, 3.8) is 0 Å². The van der Waals surface area contributed by atoms with Crippen LogP contribution in [0.1, 0.15) is 105 Å². The number of methoxy groups -OCH3 is 3. The molecule has 0 radical (unpaired) electrons. The SMILES string of the molecule is CCN[C@]1(Oc2cc(OC)c3c4c2[C@@H](O)Nc2cc5c(c(c2-4)CC3)[C@@H](O)[C@H](c2cc(OC)c(O)c(OC)c2)CO5)CCC[C@H](CCC(C)C)C1. The van der Waals surface area contributed by atoms with Crippen LogP contribution in [0.2, 0.25) is 0 Å². The summed E-state index contributed by atoms with van der Waals surface area (Å²) in [7, 11) is 4.66. The molecule has 3 aromatic carbocycles. The number of hydrogen-bond acceptors (Lipinski definition) is 10. The summed E-state index contributed by atoms with van der Waals surface area (Å²) in [6.45, 7) is 7.67. The largest absolute Gasteiger partial charge is 0.502 e. The van der Waals surface area contributed by atoms with Crippen molar-refractivity contribution >= 4 is 5.69 Å². The second kappa shape index (κ2) is 13.7. The molecule has 1 saturated carbocycles.